The van der Waals surface area contributed by atoms with Crippen LogP contribution in [0.15, 0.2) is 48.7 Å². The van der Waals surface area contributed by atoms with Gasteiger partial charge in [-0.25, -0.2) is 4.79 Å². The predicted octanol–water partition coefficient (Wildman–Crippen LogP) is 2.69. The predicted molar refractivity (Wildman–Crippen MR) is 107 cm³/mol. The molecule has 4 rings (SSSR count). The van der Waals surface area contributed by atoms with Crippen molar-refractivity contribution in [3.8, 4) is 0 Å². The lowest BCUT2D eigenvalue weighted by Crippen LogP contribution is -2.61. The highest BCUT2D eigenvalue weighted by Gasteiger charge is 2.36. The molecule has 7 heteroatoms. The Balaban J connectivity index is 1.47. The second-order valence-electron chi connectivity index (χ2n) is 7.17. The Hall–Kier alpha value is -2.15. The summed E-state index contributed by atoms with van der Waals surface area (Å²) >= 11 is 6.01. The van der Waals surface area contributed by atoms with Gasteiger partial charge >= 0.3 is 6.03 Å². The van der Waals surface area contributed by atoms with Gasteiger partial charge in [-0.1, -0.05) is 29.8 Å². The van der Waals surface area contributed by atoms with Crippen LogP contribution < -0.4 is 16.0 Å². The maximum Gasteiger partial charge on any atom is 0.319 e. The van der Waals surface area contributed by atoms with Crippen LogP contribution in [0.1, 0.15) is 18.0 Å². The number of carbonyl (C=O) groups is 1. The molecule has 142 valence electrons. The number of aromatic nitrogens is 1. The van der Waals surface area contributed by atoms with Crippen molar-refractivity contribution in [2.75, 3.05) is 31.5 Å². The molecule has 2 aromatic rings. The van der Waals surface area contributed by atoms with Gasteiger partial charge in [0.1, 0.15) is 0 Å². The third-order valence-corrected chi connectivity index (χ3v) is 5.62. The maximum absolute atomic E-state index is 12.5. The van der Waals surface area contributed by atoms with E-state index in [0.717, 1.165) is 44.0 Å². The number of nitrogens with one attached hydrogen (secondary N) is 3. The zero-order chi connectivity index (χ0) is 18.6. The molecule has 2 saturated heterocycles. The fourth-order valence-corrected chi connectivity index (χ4v) is 3.89. The molecule has 1 aromatic carbocycles. The molecule has 0 unspecified atom stereocenters. The number of para-hydroxylation sites is 1. The zero-order valence-electron chi connectivity index (χ0n) is 15.1. The Morgan fingerprint density at radius 2 is 2.00 bits per heavy atom. The molecule has 1 aromatic heterocycles. The van der Waals surface area contributed by atoms with Crippen molar-refractivity contribution in [2.45, 2.75) is 24.4 Å². The Morgan fingerprint density at radius 3 is 2.67 bits per heavy atom. The zero-order valence-corrected chi connectivity index (χ0v) is 15.8. The number of carbonyl (C=O) groups excluding carboxylic acids is 1. The molecule has 0 bridgehead atoms. The summed E-state index contributed by atoms with van der Waals surface area (Å²) in [6.07, 6.45) is 2.58. The highest BCUT2D eigenvalue weighted by molar-refractivity contribution is 6.30. The Labute approximate surface area is 164 Å². The lowest BCUT2D eigenvalue weighted by molar-refractivity contribution is 0.0947. The lowest BCUT2D eigenvalue weighted by Gasteiger charge is -2.45. The van der Waals surface area contributed by atoms with E-state index in [4.69, 9.17) is 11.6 Å². The van der Waals surface area contributed by atoms with Crippen LogP contribution >= 0.6 is 11.6 Å². The molecule has 2 atom stereocenters. The minimum atomic E-state index is -0.177. The van der Waals surface area contributed by atoms with Crippen LogP contribution in [0.4, 0.5) is 10.5 Å². The van der Waals surface area contributed by atoms with E-state index in [1.54, 1.807) is 6.20 Å². The van der Waals surface area contributed by atoms with Crippen LogP contribution in [-0.2, 0) is 0 Å². The van der Waals surface area contributed by atoms with Crippen molar-refractivity contribution in [2.24, 2.45) is 0 Å². The topological polar surface area (TPSA) is 69.3 Å². The first kappa shape index (κ1) is 18.2. The molecule has 3 N–H and O–H groups in total. The third-order valence-electron chi connectivity index (χ3n) is 5.40. The number of hydrogen-bond acceptors (Lipinski definition) is 4. The number of nitrogens with zero attached hydrogens (tertiary/aromatic N) is 2. The van der Waals surface area contributed by atoms with Crippen molar-refractivity contribution >= 4 is 23.3 Å². The van der Waals surface area contributed by atoms with Gasteiger partial charge in [-0.3, -0.25) is 9.88 Å². The summed E-state index contributed by atoms with van der Waals surface area (Å²) in [4.78, 5) is 19.5. The maximum atomic E-state index is 12.5. The van der Waals surface area contributed by atoms with Gasteiger partial charge in [0.25, 0.3) is 0 Å². The summed E-state index contributed by atoms with van der Waals surface area (Å²) in [5.41, 5.74) is 1.76. The number of piperidine rings is 1. The summed E-state index contributed by atoms with van der Waals surface area (Å²) in [5, 5.41) is 10.0. The van der Waals surface area contributed by atoms with Gasteiger partial charge in [0.15, 0.2) is 0 Å². The SMILES string of the molecule is O=C(Nc1ccccc1)N[C@@H]1CCN(C2CNC2)C[C@H]1c1ccc(Cl)cn1. The molecule has 6 nitrogen and oxygen atoms in total. The number of hydrogen-bond donors (Lipinski definition) is 3. The van der Waals surface area contributed by atoms with E-state index in [9.17, 15) is 4.79 Å². The Kier molecular flexibility index (Phi) is 5.57. The average Bonchev–Trinajstić information content (AvgIpc) is 2.63. The molecular formula is C20H24ClN5O. The number of urea groups is 1. The van der Waals surface area contributed by atoms with E-state index in [2.05, 4.69) is 25.8 Å². The number of likely N-dealkylation sites (tertiary alicyclic amines) is 1. The van der Waals surface area contributed by atoms with Gasteiger partial charge < -0.3 is 16.0 Å². The van der Waals surface area contributed by atoms with Crippen molar-refractivity contribution in [3.05, 3.63) is 59.4 Å². The van der Waals surface area contributed by atoms with Gasteiger partial charge in [0, 0.05) is 61.8 Å². The van der Waals surface area contributed by atoms with Gasteiger partial charge in [0.05, 0.1) is 5.02 Å². The van der Waals surface area contributed by atoms with E-state index in [-0.39, 0.29) is 18.0 Å². The summed E-state index contributed by atoms with van der Waals surface area (Å²) < 4.78 is 0. The van der Waals surface area contributed by atoms with E-state index < -0.39 is 0 Å². The van der Waals surface area contributed by atoms with E-state index in [1.807, 2.05) is 42.5 Å². The smallest absolute Gasteiger partial charge is 0.319 e. The second kappa shape index (κ2) is 8.25. The van der Waals surface area contributed by atoms with E-state index in [1.165, 1.54) is 0 Å². The van der Waals surface area contributed by atoms with Crippen molar-refractivity contribution in [3.63, 3.8) is 0 Å². The van der Waals surface area contributed by atoms with Crippen LogP contribution in [0, 0.1) is 0 Å². The number of amides is 2. The van der Waals surface area contributed by atoms with Crippen LogP contribution in [0.3, 0.4) is 0 Å². The highest BCUT2D eigenvalue weighted by atomic mass is 35.5. The molecule has 2 fully saturated rings. The minimum absolute atomic E-state index is 0.0340. The summed E-state index contributed by atoms with van der Waals surface area (Å²) in [6.45, 7) is 3.94. The molecular weight excluding hydrogens is 362 g/mol. The fourth-order valence-electron chi connectivity index (χ4n) is 3.78. The molecule has 2 amide bonds. The minimum Gasteiger partial charge on any atom is -0.334 e. The highest BCUT2D eigenvalue weighted by Crippen LogP contribution is 2.28. The molecule has 0 spiro atoms. The molecule has 2 aliphatic heterocycles. The van der Waals surface area contributed by atoms with Gasteiger partial charge in [-0.05, 0) is 30.7 Å². The molecule has 0 radical (unpaired) electrons. The molecule has 0 saturated carbocycles. The Morgan fingerprint density at radius 1 is 1.19 bits per heavy atom. The first-order valence-corrected chi connectivity index (χ1v) is 9.75. The van der Waals surface area contributed by atoms with Crippen LogP contribution in [0.2, 0.25) is 5.02 Å². The standard InChI is InChI=1S/C20H24ClN5O/c21-14-6-7-18(23-10-14)17-13-26(16-11-22-12-16)9-8-19(17)25-20(27)24-15-4-2-1-3-5-15/h1-7,10,16-17,19,22H,8-9,11-13H2,(H2,24,25,27)/t17-,19+/m0/s1. The molecule has 3 heterocycles. The average molecular weight is 386 g/mol. The quantitative estimate of drug-likeness (QED) is 0.756. The summed E-state index contributed by atoms with van der Waals surface area (Å²) in [6, 6.07) is 13.8. The lowest BCUT2D eigenvalue weighted by atomic mass is 9.87. The fraction of sp³-hybridized carbons (Fsp3) is 0.400. The largest absolute Gasteiger partial charge is 0.334 e. The van der Waals surface area contributed by atoms with E-state index in [0.29, 0.717) is 11.1 Å². The first-order valence-electron chi connectivity index (χ1n) is 9.38. The Bertz CT molecular complexity index is 766. The van der Waals surface area contributed by atoms with Gasteiger partial charge in [-0.15, -0.1) is 0 Å². The van der Waals surface area contributed by atoms with E-state index >= 15 is 0 Å². The molecule has 2 aliphatic rings. The summed E-state index contributed by atoms with van der Waals surface area (Å²) in [7, 11) is 0. The number of benzene rings is 1. The van der Waals surface area contributed by atoms with Crippen LogP contribution in [0.5, 0.6) is 0 Å². The van der Waals surface area contributed by atoms with Crippen molar-refractivity contribution < 1.29 is 4.79 Å². The number of anilines is 1. The number of pyridine rings is 1. The normalized spacial score (nSPS) is 23.4. The van der Waals surface area contributed by atoms with Crippen LogP contribution in [0.25, 0.3) is 0 Å². The first-order chi connectivity index (χ1) is 13.2. The van der Waals surface area contributed by atoms with Crippen molar-refractivity contribution in [1.82, 2.24) is 20.5 Å². The van der Waals surface area contributed by atoms with Crippen LogP contribution in [-0.4, -0.2) is 54.2 Å². The summed E-state index contributed by atoms with van der Waals surface area (Å²) in [5.74, 6) is 0.137. The number of rotatable bonds is 4. The molecule has 27 heavy (non-hydrogen) atoms. The second-order valence-corrected chi connectivity index (χ2v) is 7.61. The van der Waals surface area contributed by atoms with Crippen molar-refractivity contribution in [1.29, 1.82) is 0 Å². The van der Waals surface area contributed by atoms with Gasteiger partial charge in [-0.2, -0.15) is 0 Å². The molecule has 0 aliphatic carbocycles. The third kappa shape index (κ3) is 4.40. The van der Waals surface area contributed by atoms with Gasteiger partial charge in [0.2, 0.25) is 0 Å². The monoisotopic (exact) mass is 385 g/mol. The number of halogens is 1.